The largest absolute Gasteiger partial charge is 0.584 e. The Morgan fingerprint density at radius 3 is 1.63 bits per heavy atom. The van der Waals surface area contributed by atoms with Gasteiger partial charge in [-0.2, -0.15) is 0 Å². The molecule has 13 heteroatoms. The van der Waals surface area contributed by atoms with Crippen LogP contribution in [0.25, 0.3) is 0 Å². The number of carbonyl (C=O) groups is 3. The van der Waals surface area contributed by atoms with Crippen molar-refractivity contribution in [2.24, 2.45) is 0 Å². The summed E-state index contributed by atoms with van der Waals surface area (Å²) in [5.41, 5.74) is -0.579. The van der Waals surface area contributed by atoms with E-state index < -0.39 is 38.4 Å². The molecular weight excluding hydrogens is 391 g/mol. The average Bonchev–Trinajstić information content (AvgIpc) is 2.61. The zero-order valence-electron chi connectivity index (χ0n) is 14.7. The molecule has 0 aliphatic carbocycles. The highest BCUT2D eigenvalue weighted by molar-refractivity contribution is 7.48. The first-order chi connectivity index (χ1) is 12.4. The second-order valence-corrected chi connectivity index (χ2v) is 6.29. The van der Waals surface area contributed by atoms with Crippen LogP contribution in [0.3, 0.4) is 0 Å². The third-order valence-corrected chi connectivity index (χ3v) is 3.03. The molecule has 0 fully saturated rings. The Kier molecular flexibility index (Phi) is 10.4. The van der Waals surface area contributed by atoms with Gasteiger partial charge in [-0.25, -0.2) is 18.9 Å². The van der Waals surface area contributed by atoms with Crippen LogP contribution in [-0.4, -0.2) is 40.8 Å². The van der Waals surface area contributed by atoms with Crippen molar-refractivity contribution >= 4 is 25.7 Å². The van der Waals surface area contributed by atoms with Crippen LogP contribution in [0.15, 0.2) is 36.0 Å². The molecule has 0 bridgehead atoms. The number of rotatable bonds is 11. The molecule has 12 nitrogen and oxygen atoms in total. The van der Waals surface area contributed by atoms with Crippen LogP contribution >= 0.6 is 7.82 Å². The summed E-state index contributed by atoms with van der Waals surface area (Å²) in [6, 6.07) is 0. The van der Waals surface area contributed by atoms with Gasteiger partial charge >= 0.3 is 25.7 Å². The topological polar surface area (TPSA) is 164 Å². The van der Waals surface area contributed by atoms with Gasteiger partial charge in [0, 0.05) is 16.7 Å². The maximum atomic E-state index is 12.2. The number of aliphatic hydroxyl groups is 2. The summed E-state index contributed by atoms with van der Waals surface area (Å²) in [7, 11) is -5.09. The van der Waals surface area contributed by atoms with Crippen molar-refractivity contribution in [3.05, 3.63) is 36.0 Å². The van der Waals surface area contributed by atoms with Crippen LogP contribution in [0.2, 0.25) is 0 Å². The maximum absolute atomic E-state index is 12.2. The van der Waals surface area contributed by atoms with Crippen molar-refractivity contribution in [3.8, 4) is 0 Å². The summed E-state index contributed by atoms with van der Waals surface area (Å²) in [4.78, 5) is 46.5. The van der Waals surface area contributed by atoms with Crippen LogP contribution in [0.5, 0.6) is 0 Å². The predicted molar refractivity (Wildman–Crippen MR) is 85.6 cm³/mol. The minimum absolute atomic E-state index is 0.158. The highest BCUT2D eigenvalue weighted by atomic mass is 31.2. The van der Waals surface area contributed by atoms with Crippen molar-refractivity contribution < 1.29 is 57.8 Å². The molecule has 0 spiro atoms. The number of hydrogen-bond acceptors (Lipinski definition) is 12. The molecular formula is C14H19O12P. The van der Waals surface area contributed by atoms with Gasteiger partial charge in [-0.1, -0.05) is 27.2 Å². The molecule has 1 atom stereocenters. The van der Waals surface area contributed by atoms with E-state index in [1.807, 2.05) is 0 Å². The van der Waals surface area contributed by atoms with Crippen LogP contribution in [0.4, 0.5) is 0 Å². The second-order valence-electron chi connectivity index (χ2n) is 4.94. The minimum atomic E-state index is -5.09. The van der Waals surface area contributed by atoms with E-state index >= 15 is 0 Å². The minimum Gasteiger partial charge on any atom is -0.393 e. The molecule has 1 unspecified atom stereocenters. The van der Waals surface area contributed by atoms with E-state index in [0.29, 0.717) is 0 Å². The van der Waals surface area contributed by atoms with E-state index in [0.717, 1.165) is 6.08 Å². The Morgan fingerprint density at radius 1 is 0.926 bits per heavy atom. The van der Waals surface area contributed by atoms with Gasteiger partial charge in [0.25, 0.3) is 0 Å². The lowest BCUT2D eigenvalue weighted by molar-refractivity contribution is -0.293. The van der Waals surface area contributed by atoms with E-state index in [1.54, 1.807) is 0 Å². The highest BCUT2D eigenvalue weighted by Crippen LogP contribution is 2.50. The molecule has 27 heavy (non-hydrogen) atoms. The standard InChI is InChI=1S/C14H19O12P/c1-8(2)12(17)21-24-27(20,25-22-13(18)9(3)4)26-23-14(19)10(5)6-11(16)7-15/h6,11,15-16H,1,3,7H2,2,4-5H3/b10-6+. The maximum Gasteiger partial charge on any atom is 0.584 e. The first-order valence-corrected chi connectivity index (χ1v) is 8.48. The SMILES string of the molecule is C=C(C)C(=O)OOP(=O)(OOC(=O)C(=C)C)OOC(=O)/C(C)=C/C(O)CO. The van der Waals surface area contributed by atoms with Crippen LogP contribution in [0, 0.1) is 0 Å². The number of aliphatic hydroxyl groups excluding tert-OH is 2. The van der Waals surface area contributed by atoms with Gasteiger partial charge in [-0.3, -0.25) is 14.7 Å². The summed E-state index contributed by atoms with van der Waals surface area (Å²) >= 11 is 0. The van der Waals surface area contributed by atoms with Gasteiger partial charge in [-0.15, -0.1) is 0 Å². The van der Waals surface area contributed by atoms with Crippen molar-refractivity contribution in [1.29, 1.82) is 0 Å². The Balaban J connectivity index is 5.09. The normalized spacial score (nSPS) is 12.7. The monoisotopic (exact) mass is 410 g/mol. The van der Waals surface area contributed by atoms with Crippen molar-refractivity contribution in [2.75, 3.05) is 6.61 Å². The number of carbonyl (C=O) groups excluding carboxylic acids is 3. The second kappa shape index (κ2) is 11.4. The summed E-state index contributed by atoms with van der Waals surface area (Å²) in [6.45, 7) is 9.41. The Hall–Kier alpha value is -2.34. The first kappa shape index (κ1) is 24.7. The van der Waals surface area contributed by atoms with Gasteiger partial charge in [0.1, 0.15) is 0 Å². The molecule has 0 heterocycles. The van der Waals surface area contributed by atoms with Crippen LogP contribution in [0.1, 0.15) is 20.8 Å². The first-order valence-electron chi connectivity index (χ1n) is 7.02. The molecule has 0 aromatic rings. The fraction of sp³-hybridized carbons (Fsp3) is 0.357. The number of hydrogen-bond donors (Lipinski definition) is 2. The van der Waals surface area contributed by atoms with E-state index in [9.17, 15) is 24.1 Å². The fourth-order valence-corrected chi connectivity index (χ4v) is 1.44. The predicted octanol–water partition coefficient (Wildman–Crippen LogP) is 0.971. The smallest absolute Gasteiger partial charge is 0.393 e. The van der Waals surface area contributed by atoms with E-state index in [2.05, 4.69) is 41.8 Å². The van der Waals surface area contributed by atoms with Gasteiger partial charge in [0.15, 0.2) is 0 Å². The number of phosphoric acid groups is 1. The van der Waals surface area contributed by atoms with E-state index in [4.69, 9.17) is 5.11 Å². The van der Waals surface area contributed by atoms with E-state index in [1.165, 1.54) is 20.8 Å². The Bertz CT molecular complexity index is 646. The molecule has 0 aliphatic rings. The zero-order valence-corrected chi connectivity index (χ0v) is 15.6. The Morgan fingerprint density at radius 2 is 1.30 bits per heavy atom. The van der Waals surface area contributed by atoms with Crippen LogP contribution in [-0.2, 0) is 47.6 Å². The molecule has 0 saturated carbocycles. The molecule has 152 valence electrons. The summed E-state index contributed by atoms with van der Waals surface area (Å²) in [5.74, 6) is -3.64. The van der Waals surface area contributed by atoms with Crippen molar-refractivity contribution in [1.82, 2.24) is 0 Å². The lowest BCUT2D eigenvalue weighted by atomic mass is 10.2. The van der Waals surface area contributed by atoms with Gasteiger partial charge in [0.2, 0.25) is 0 Å². The third-order valence-electron chi connectivity index (χ3n) is 2.26. The molecule has 0 amide bonds. The van der Waals surface area contributed by atoms with Crippen molar-refractivity contribution in [2.45, 2.75) is 26.9 Å². The van der Waals surface area contributed by atoms with Gasteiger partial charge in [0.05, 0.1) is 12.7 Å². The fourth-order valence-electron chi connectivity index (χ4n) is 0.893. The molecule has 0 rings (SSSR count). The lowest BCUT2D eigenvalue weighted by Crippen LogP contribution is -2.15. The zero-order chi connectivity index (χ0) is 21.2. The van der Waals surface area contributed by atoms with E-state index in [-0.39, 0.29) is 16.7 Å². The highest BCUT2D eigenvalue weighted by Gasteiger charge is 2.38. The van der Waals surface area contributed by atoms with Gasteiger partial charge < -0.3 is 10.2 Å². The molecule has 2 N–H and O–H groups in total. The quantitative estimate of drug-likeness (QED) is 0.215. The molecule has 0 aromatic heterocycles. The lowest BCUT2D eigenvalue weighted by Gasteiger charge is -2.13. The average molecular weight is 410 g/mol. The molecule has 0 radical (unpaired) electrons. The molecule has 0 aliphatic heterocycles. The Labute approximate surface area is 154 Å². The summed E-state index contributed by atoms with van der Waals surface area (Å²) in [6.07, 6.45) is -0.467. The summed E-state index contributed by atoms with van der Waals surface area (Å²) < 4.78 is 24.6. The summed E-state index contributed by atoms with van der Waals surface area (Å²) in [5, 5.41) is 17.9. The van der Waals surface area contributed by atoms with Crippen LogP contribution < -0.4 is 0 Å². The molecule has 0 saturated heterocycles. The van der Waals surface area contributed by atoms with Crippen molar-refractivity contribution in [3.63, 3.8) is 0 Å². The third kappa shape index (κ3) is 9.80. The van der Waals surface area contributed by atoms with Gasteiger partial charge in [-0.05, 0) is 26.8 Å². The molecule has 0 aromatic carbocycles.